The molecule has 90 valence electrons. The summed E-state index contributed by atoms with van der Waals surface area (Å²) in [7, 11) is -3.34. The van der Waals surface area contributed by atoms with E-state index in [1.807, 2.05) is 6.07 Å². The molecule has 0 aliphatic rings. The van der Waals surface area contributed by atoms with Gasteiger partial charge in [0.1, 0.15) is 0 Å². The number of rotatable bonds is 6. The first-order chi connectivity index (χ1) is 7.53. The van der Waals surface area contributed by atoms with Crippen LogP contribution in [0.4, 0.5) is 0 Å². The Hall–Kier alpha value is -0.980. The van der Waals surface area contributed by atoms with Gasteiger partial charge in [0.15, 0.2) is 0 Å². The van der Waals surface area contributed by atoms with E-state index in [1.165, 1.54) is 0 Å². The zero-order valence-electron chi connectivity index (χ0n) is 9.13. The van der Waals surface area contributed by atoms with E-state index in [4.69, 9.17) is 5.11 Å². The number of aromatic nitrogens is 1. The zero-order valence-corrected chi connectivity index (χ0v) is 9.94. The molecule has 0 aliphatic carbocycles. The minimum absolute atomic E-state index is 0.0195. The Bertz CT molecular complexity index is 405. The number of pyridine rings is 1. The van der Waals surface area contributed by atoms with Crippen LogP contribution in [0.2, 0.25) is 0 Å². The van der Waals surface area contributed by atoms with E-state index in [1.54, 1.807) is 25.3 Å². The van der Waals surface area contributed by atoms with Crippen molar-refractivity contribution in [3.8, 4) is 0 Å². The number of aliphatic hydroxyl groups excluding tert-OH is 1. The first-order valence-electron chi connectivity index (χ1n) is 5.04. The number of aliphatic hydroxyl groups is 1. The Kier molecular flexibility index (Phi) is 4.85. The zero-order chi connectivity index (χ0) is 12.0. The molecule has 0 spiro atoms. The number of aryl methyl sites for hydroxylation is 1. The standard InChI is InChI=1S/C10H16N2O3S/c1-9(8-13)12-16(14,15)7-5-10-4-2-3-6-11-10/h2-4,6,9,12-13H,5,7-8H2,1H3/t9-/m0/s1. The van der Waals surface area contributed by atoms with Gasteiger partial charge in [-0.05, 0) is 19.1 Å². The number of nitrogens with one attached hydrogen (secondary N) is 1. The maximum absolute atomic E-state index is 11.5. The van der Waals surface area contributed by atoms with Gasteiger partial charge in [-0.15, -0.1) is 0 Å². The van der Waals surface area contributed by atoms with Gasteiger partial charge in [-0.3, -0.25) is 4.98 Å². The molecule has 2 N–H and O–H groups in total. The Morgan fingerprint density at radius 1 is 1.50 bits per heavy atom. The van der Waals surface area contributed by atoms with E-state index in [0.29, 0.717) is 6.42 Å². The normalized spacial score (nSPS) is 13.6. The molecule has 0 unspecified atom stereocenters. The molecule has 0 fully saturated rings. The lowest BCUT2D eigenvalue weighted by molar-refractivity contribution is 0.265. The summed E-state index contributed by atoms with van der Waals surface area (Å²) >= 11 is 0. The summed E-state index contributed by atoms with van der Waals surface area (Å²) in [4.78, 5) is 4.04. The highest BCUT2D eigenvalue weighted by Gasteiger charge is 2.13. The molecule has 1 atom stereocenters. The third kappa shape index (κ3) is 4.69. The number of sulfonamides is 1. The molecule has 0 saturated heterocycles. The second-order valence-corrected chi connectivity index (χ2v) is 5.46. The second kappa shape index (κ2) is 5.93. The summed E-state index contributed by atoms with van der Waals surface area (Å²) in [6.45, 7) is 1.40. The van der Waals surface area contributed by atoms with E-state index in [2.05, 4.69) is 9.71 Å². The predicted octanol–water partition coefficient (Wildman–Crippen LogP) is -0.0757. The van der Waals surface area contributed by atoms with Crippen molar-refractivity contribution in [1.29, 1.82) is 0 Å². The van der Waals surface area contributed by atoms with Crippen LogP contribution in [0.15, 0.2) is 24.4 Å². The summed E-state index contributed by atoms with van der Waals surface area (Å²) in [6.07, 6.45) is 2.00. The molecule has 16 heavy (non-hydrogen) atoms. The molecule has 0 saturated carbocycles. The van der Waals surface area contributed by atoms with Crippen LogP contribution in [0.3, 0.4) is 0 Å². The van der Waals surface area contributed by atoms with Crippen LogP contribution in [0.1, 0.15) is 12.6 Å². The van der Waals surface area contributed by atoms with Crippen LogP contribution in [0, 0.1) is 0 Å². The highest BCUT2D eigenvalue weighted by molar-refractivity contribution is 7.89. The summed E-state index contributed by atoms with van der Waals surface area (Å²) in [6, 6.07) is 4.93. The van der Waals surface area contributed by atoms with E-state index >= 15 is 0 Å². The second-order valence-electron chi connectivity index (χ2n) is 3.59. The minimum atomic E-state index is -3.34. The number of hydrogen-bond acceptors (Lipinski definition) is 4. The minimum Gasteiger partial charge on any atom is -0.395 e. The molecule has 1 rings (SSSR count). The van der Waals surface area contributed by atoms with Crippen molar-refractivity contribution in [3.05, 3.63) is 30.1 Å². The summed E-state index contributed by atoms with van der Waals surface area (Å²) < 4.78 is 25.4. The molecule has 0 aromatic carbocycles. The van der Waals surface area contributed by atoms with Crippen LogP contribution in [-0.2, 0) is 16.4 Å². The molecule has 0 bridgehead atoms. The lowest BCUT2D eigenvalue weighted by Gasteiger charge is -2.10. The topological polar surface area (TPSA) is 79.3 Å². The van der Waals surface area contributed by atoms with Crippen LogP contribution in [0.25, 0.3) is 0 Å². The Labute approximate surface area is 95.6 Å². The highest BCUT2D eigenvalue weighted by Crippen LogP contribution is 1.98. The van der Waals surface area contributed by atoms with Crippen LogP contribution in [0.5, 0.6) is 0 Å². The van der Waals surface area contributed by atoms with Crippen molar-refractivity contribution in [3.63, 3.8) is 0 Å². The molecule has 5 nitrogen and oxygen atoms in total. The first kappa shape index (κ1) is 13.1. The Balaban J connectivity index is 2.49. The van der Waals surface area contributed by atoms with Crippen LogP contribution < -0.4 is 4.72 Å². The number of hydrogen-bond donors (Lipinski definition) is 2. The van der Waals surface area contributed by atoms with Crippen molar-refractivity contribution in [1.82, 2.24) is 9.71 Å². The molecular weight excluding hydrogens is 228 g/mol. The van der Waals surface area contributed by atoms with Gasteiger partial charge in [-0.2, -0.15) is 0 Å². The average molecular weight is 244 g/mol. The monoisotopic (exact) mass is 244 g/mol. The van der Waals surface area contributed by atoms with E-state index < -0.39 is 16.1 Å². The molecule has 6 heteroatoms. The smallest absolute Gasteiger partial charge is 0.212 e. The fourth-order valence-corrected chi connectivity index (χ4v) is 2.47. The SMILES string of the molecule is C[C@@H](CO)NS(=O)(=O)CCc1ccccn1. The summed E-state index contributed by atoms with van der Waals surface area (Å²) in [5.74, 6) is -0.0195. The Morgan fingerprint density at radius 2 is 2.25 bits per heavy atom. The quantitative estimate of drug-likeness (QED) is 0.734. The van der Waals surface area contributed by atoms with Gasteiger partial charge in [-0.1, -0.05) is 6.07 Å². The maximum Gasteiger partial charge on any atom is 0.212 e. The third-order valence-electron chi connectivity index (χ3n) is 2.01. The Morgan fingerprint density at radius 3 is 2.81 bits per heavy atom. The average Bonchev–Trinajstić information content (AvgIpc) is 2.27. The van der Waals surface area contributed by atoms with Gasteiger partial charge < -0.3 is 5.11 Å². The molecule has 0 radical (unpaired) electrons. The molecule has 1 aromatic rings. The van der Waals surface area contributed by atoms with Gasteiger partial charge in [0.25, 0.3) is 0 Å². The first-order valence-corrected chi connectivity index (χ1v) is 6.69. The molecule has 1 heterocycles. The van der Waals surface area contributed by atoms with Gasteiger partial charge in [-0.25, -0.2) is 13.1 Å². The van der Waals surface area contributed by atoms with E-state index in [0.717, 1.165) is 5.69 Å². The van der Waals surface area contributed by atoms with Crippen molar-refractivity contribution < 1.29 is 13.5 Å². The van der Waals surface area contributed by atoms with Crippen LogP contribution >= 0.6 is 0 Å². The van der Waals surface area contributed by atoms with Crippen molar-refractivity contribution in [2.24, 2.45) is 0 Å². The largest absolute Gasteiger partial charge is 0.395 e. The molecule has 0 amide bonds. The molecule has 0 aliphatic heterocycles. The third-order valence-corrected chi connectivity index (χ3v) is 3.51. The lowest BCUT2D eigenvalue weighted by Crippen LogP contribution is -2.37. The van der Waals surface area contributed by atoms with E-state index in [-0.39, 0.29) is 12.4 Å². The van der Waals surface area contributed by atoms with Crippen LogP contribution in [-0.4, -0.2) is 36.9 Å². The van der Waals surface area contributed by atoms with Crippen molar-refractivity contribution in [2.75, 3.05) is 12.4 Å². The van der Waals surface area contributed by atoms with Crippen molar-refractivity contribution in [2.45, 2.75) is 19.4 Å². The fraction of sp³-hybridized carbons (Fsp3) is 0.500. The summed E-state index contributed by atoms with van der Waals surface area (Å²) in [5.41, 5.74) is 0.740. The fourth-order valence-electron chi connectivity index (χ4n) is 1.19. The predicted molar refractivity (Wildman–Crippen MR) is 61.4 cm³/mol. The van der Waals surface area contributed by atoms with Gasteiger partial charge in [0, 0.05) is 24.4 Å². The number of nitrogens with zero attached hydrogens (tertiary/aromatic N) is 1. The maximum atomic E-state index is 11.5. The van der Waals surface area contributed by atoms with Crippen molar-refractivity contribution >= 4 is 10.0 Å². The van der Waals surface area contributed by atoms with Gasteiger partial charge in [0.05, 0.1) is 12.4 Å². The van der Waals surface area contributed by atoms with E-state index in [9.17, 15) is 8.42 Å². The summed E-state index contributed by atoms with van der Waals surface area (Å²) in [5, 5.41) is 8.74. The van der Waals surface area contributed by atoms with Gasteiger partial charge in [0.2, 0.25) is 10.0 Å². The molecule has 1 aromatic heterocycles. The highest BCUT2D eigenvalue weighted by atomic mass is 32.2. The van der Waals surface area contributed by atoms with Gasteiger partial charge >= 0.3 is 0 Å². The molecular formula is C10H16N2O3S. The lowest BCUT2D eigenvalue weighted by atomic mass is 10.3.